The van der Waals surface area contributed by atoms with E-state index in [1.165, 1.54) is 10.8 Å². The van der Waals surface area contributed by atoms with Crippen LogP contribution >= 0.6 is 15.9 Å². The van der Waals surface area contributed by atoms with Crippen LogP contribution in [0.2, 0.25) is 0 Å². The molecular weight excluding hydrogens is 328 g/mol. The zero-order chi connectivity index (χ0) is 14.8. The predicted octanol–water partition coefficient (Wildman–Crippen LogP) is 3.37. The van der Waals surface area contributed by atoms with Gasteiger partial charge in [0, 0.05) is 6.54 Å². The highest BCUT2D eigenvalue weighted by Crippen LogP contribution is 2.29. The molecule has 1 heterocycles. The first-order valence-electron chi connectivity index (χ1n) is 6.90. The number of aryl methyl sites for hydroxylation is 1. The lowest BCUT2D eigenvalue weighted by Gasteiger charge is -2.19. The Labute approximate surface area is 132 Å². The van der Waals surface area contributed by atoms with Crippen LogP contribution in [0.4, 0.5) is 0 Å². The van der Waals surface area contributed by atoms with Gasteiger partial charge in [-0.15, -0.1) is 0 Å². The number of fused-ring (bicyclic) bond motifs is 1. The monoisotopic (exact) mass is 344 g/mol. The summed E-state index contributed by atoms with van der Waals surface area (Å²) < 4.78 is 2.91. The molecule has 3 N–H and O–H groups in total. The largest absolute Gasteiger partial charge is 0.271 e. The summed E-state index contributed by atoms with van der Waals surface area (Å²) >= 11 is 3.57. The number of hydrogen-bond acceptors (Lipinski definition) is 3. The molecule has 3 aromatic rings. The van der Waals surface area contributed by atoms with Crippen LogP contribution in [0, 0.1) is 0 Å². The molecule has 0 saturated carbocycles. The Morgan fingerprint density at radius 3 is 2.71 bits per heavy atom. The quantitative estimate of drug-likeness (QED) is 0.563. The molecule has 5 heteroatoms. The molecule has 0 saturated heterocycles. The van der Waals surface area contributed by atoms with Crippen molar-refractivity contribution in [1.82, 2.24) is 15.2 Å². The summed E-state index contributed by atoms with van der Waals surface area (Å²) in [5, 5.41) is 6.79. The number of benzene rings is 2. The van der Waals surface area contributed by atoms with Crippen molar-refractivity contribution in [3.63, 3.8) is 0 Å². The number of halogens is 1. The zero-order valence-corrected chi connectivity index (χ0v) is 13.3. The maximum atomic E-state index is 5.82. The van der Waals surface area contributed by atoms with E-state index in [1.54, 1.807) is 0 Å². The third-order valence-electron chi connectivity index (χ3n) is 3.68. The summed E-state index contributed by atoms with van der Waals surface area (Å²) in [5.41, 5.74) is 5.07. The third-order valence-corrected chi connectivity index (χ3v) is 4.29. The molecule has 1 aromatic heterocycles. The Kier molecular flexibility index (Phi) is 4.05. The minimum Gasteiger partial charge on any atom is -0.271 e. The van der Waals surface area contributed by atoms with E-state index >= 15 is 0 Å². The first-order chi connectivity index (χ1) is 10.2. The van der Waals surface area contributed by atoms with Crippen LogP contribution < -0.4 is 11.3 Å². The van der Waals surface area contributed by atoms with Crippen LogP contribution in [0.5, 0.6) is 0 Å². The van der Waals surface area contributed by atoms with E-state index in [-0.39, 0.29) is 6.04 Å². The molecule has 0 aliphatic carbocycles. The highest BCUT2D eigenvalue weighted by Gasteiger charge is 2.20. The first kappa shape index (κ1) is 14.3. The van der Waals surface area contributed by atoms with Gasteiger partial charge in [0.15, 0.2) is 0 Å². The van der Waals surface area contributed by atoms with Gasteiger partial charge in [0.2, 0.25) is 0 Å². The second-order valence-electron chi connectivity index (χ2n) is 4.90. The normalized spacial score (nSPS) is 12.7. The molecule has 0 aliphatic rings. The zero-order valence-electron chi connectivity index (χ0n) is 11.8. The van der Waals surface area contributed by atoms with E-state index in [2.05, 4.69) is 63.7 Å². The van der Waals surface area contributed by atoms with Crippen molar-refractivity contribution < 1.29 is 0 Å². The van der Waals surface area contributed by atoms with Gasteiger partial charge >= 0.3 is 0 Å². The van der Waals surface area contributed by atoms with Crippen LogP contribution in [-0.2, 0) is 6.54 Å². The smallest absolute Gasteiger partial charge is 0.0890 e. The lowest BCUT2D eigenvalue weighted by atomic mass is 10.00. The second kappa shape index (κ2) is 5.97. The van der Waals surface area contributed by atoms with Gasteiger partial charge in [0.1, 0.15) is 0 Å². The van der Waals surface area contributed by atoms with Crippen molar-refractivity contribution in [3.8, 4) is 0 Å². The third kappa shape index (κ3) is 2.60. The van der Waals surface area contributed by atoms with Crippen molar-refractivity contribution >= 4 is 26.7 Å². The van der Waals surface area contributed by atoms with Crippen LogP contribution in [0.3, 0.4) is 0 Å². The van der Waals surface area contributed by atoms with Gasteiger partial charge in [0.25, 0.3) is 0 Å². The van der Waals surface area contributed by atoms with Crippen molar-refractivity contribution in [3.05, 3.63) is 64.4 Å². The van der Waals surface area contributed by atoms with E-state index < -0.39 is 0 Å². The molecule has 0 radical (unpaired) electrons. The lowest BCUT2D eigenvalue weighted by Crippen LogP contribution is -2.31. The Bertz CT molecular complexity index is 766. The summed E-state index contributed by atoms with van der Waals surface area (Å²) in [6.07, 6.45) is 1.81. The average molecular weight is 345 g/mol. The number of hydrazine groups is 1. The van der Waals surface area contributed by atoms with E-state index in [1.807, 2.05) is 23.0 Å². The average Bonchev–Trinajstić information content (AvgIpc) is 2.89. The van der Waals surface area contributed by atoms with Gasteiger partial charge < -0.3 is 0 Å². The predicted molar refractivity (Wildman–Crippen MR) is 88.7 cm³/mol. The van der Waals surface area contributed by atoms with Crippen LogP contribution in [0.15, 0.2) is 53.1 Å². The molecule has 0 fully saturated rings. The molecule has 2 aromatic carbocycles. The van der Waals surface area contributed by atoms with Crippen LogP contribution in [0.25, 0.3) is 10.8 Å². The van der Waals surface area contributed by atoms with E-state index in [0.29, 0.717) is 0 Å². The highest BCUT2D eigenvalue weighted by atomic mass is 79.9. The van der Waals surface area contributed by atoms with Crippen molar-refractivity contribution in [2.45, 2.75) is 19.5 Å². The fourth-order valence-corrected chi connectivity index (χ4v) is 3.16. The van der Waals surface area contributed by atoms with E-state index in [9.17, 15) is 0 Å². The standard InChI is InChI=1S/C16H17BrN4/c1-2-21-16(14(17)10-19-21)15(20-18)13-8-7-11-5-3-4-6-12(11)9-13/h3-10,15,20H,2,18H2,1H3. The molecule has 21 heavy (non-hydrogen) atoms. The maximum Gasteiger partial charge on any atom is 0.0890 e. The summed E-state index contributed by atoms with van der Waals surface area (Å²) in [5.74, 6) is 5.82. The summed E-state index contributed by atoms with van der Waals surface area (Å²) in [4.78, 5) is 0. The topological polar surface area (TPSA) is 55.9 Å². The minimum atomic E-state index is -0.105. The Morgan fingerprint density at radius 1 is 1.24 bits per heavy atom. The van der Waals surface area contributed by atoms with Gasteiger partial charge in [-0.2, -0.15) is 5.10 Å². The fourth-order valence-electron chi connectivity index (χ4n) is 2.63. The lowest BCUT2D eigenvalue weighted by molar-refractivity contribution is 0.542. The molecule has 1 unspecified atom stereocenters. The highest BCUT2D eigenvalue weighted by molar-refractivity contribution is 9.10. The molecule has 1 atom stereocenters. The van der Waals surface area contributed by atoms with Crippen molar-refractivity contribution in [2.75, 3.05) is 0 Å². The van der Waals surface area contributed by atoms with Gasteiger partial charge in [-0.1, -0.05) is 36.4 Å². The molecule has 108 valence electrons. The van der Waals surface area contributed by atoms with Gasteiger partial charge in [-0.05, 0) is 45.3 Å². The Balaban J connectivity index is 2.11. The van der Waals surface area contributed by atoms with Gasteiger partial charge in [-0.25, -0.2) is 5.43 Å². The molecular formula is C16H17BrN4. The molecule has 0 amide bonds. The summed E-state index contributed by atoms with van der Waals surface area (Å²) in [6, 6.07) is 14.6. The number of rotatable bonds is 4. The fraction of sp³-hybridized carbons (Fsp3) is 0.188. The van der Waals surface area contributed by atoms with Crippen molar-refractivity contribution in [1.29, 1.82) is 0 Å². The number of nitrogens with one attached hydrogen (secondary N) is 1. The minimum absolute atomic E-state index is 0.105. The van der Waals surface area contributed by atoms with Gasteiger partial charge in [-0.3, -0.25) is 10.5 Å². The Hall–Kier alpha value is -1.69. The molecule has 3 rings (SSSR count). The molecule has 0 aliphatic heterocycles. The first-order valence-corrected chi connectivity index (χ1v) is 7.70. The summed E-state index contributed by atoms with van der Waals surface area (Å²) in [7, 11) is 0. The number of nitrogens with zero attached hydrogens (tertiary/aromatic N) is 2. The van der Waals surface area contributed by atoms with E-state index in [4.69, 9.17) is 5.84 Å². The molecule has 4 nitrogen and oxygen atoms in total. The van der Waals surface area contributed by atoms with E-state index in [0.717, 1.165) is 22.3 Å². The van der Waals surface area contributed by atoms with Crippen molar-refractivity contribution in [2.24, 2.45) is 5.84 Å². The Morgan fingerprint density at radius 2 is 2.00 bits per heavy atom. The molecule has 0 spiro atoms. The van der Waals surface area contributed by atoms with Crippen LogP contribution in [-0.4, -0.2) is 9.78 Å². The summed E-state index contributed by atoms with van der Waals surface area (Å²) in [6.45, 7) is 2.86. The number of aromatic nitrogens is 2. The van der Waals surface area contributed by atoms with Crippen LogP contribution in [0.1, 0.15) is 24.2 Å². The number of hydrogen-bond donors (Lipinski definition) is 2. The maximum absolute atomic E-state index is 5.82. The second-order valence-corrected chi connectivity index (χ2v) is 5.75. The molecule has 0 bridgehead atoms. The number of nitrogens with two attached hydrogens (primary N) is 1. The van der Waals surface area contributed by atoms with Gasteiger partial charge in [0.05, 0.1) is 22.4 Å². The SMILES string of the molecule is CCn1ncc(Br)c1C(NN)c1ccc2ccccc2c1.